The number of rotatable bonds is 8. The molecule has 2 heterocycles. The summed E-state index contributed by atoms with van der Waals surface area (Å²) in [7, 11) is 2.02. The van der Waals surface area contributed by atoms with Crippen LogP contribution in [0.5, 0.6) is 0 Å². The van der Waals surface area contributed by atoms with Crippen molar-refractivity contribution in [2.45, 2.75) is 53.1 Å². The van der Waals surface area contributed by atoms with E-state index in [0.29, 0.717) is 6.54 Å². The zero-order valence-corrected chi connectivity index (χ0v) is 21.4. The molecule has 2 N–H and O–H groups in total. The highest BCUT2D eigenvalue weighted by molar-refractivity contribution is 14.0. The van der Waals surface area contributed by atoms with Gasteiger partial charge in [-0.25, -0.2) is 9.67 Å². The van der Waals surface area contributed by atoms with E-state index in [1.54, 1.807) is 6.20 Å². The smallest absolute Gasteiger partial charge is 0.192 e. The van der Waals surface area contributed by atoms with E-state index in [1.807, 2.05) is 28.7 Å². The molecule has 3 rings (SSSR count). The van der Waals surface area contributed by atoms with E-state index in [-0.39, 0.29) is 30.0 Å². The first-order chi connectivity index (χ1) is 14.6. The molecular formula is C23H34IN7. The zero-order valence-electron chi connectivity index (χ0n) is 19.1. The van der Waals surface area contributed by atoms with E-state index in [0.717, 1.165) is 36.7 Å². The Morgan fingerprint density at radius 3 is 2.61 bits per heavy atom. The highest BCUT2D eigenvalue weighted by atomic mass is 127. The second-order valence-electron chi connectivity index (χ2n) is 7.31. The second-order valence-corrected chi connectivity index (χ2v) is 7.31. The maximum absolute atomic E-state index is 4.88. The van der Waals surface area contributed by atoms with Crippen LogP contribution in [0.2, 0.25) is 0 Å². The van der Waals surface area contributed by atoms with Gasteiger partial charge in [-0.2, -0.15) is 10.2 Å². The molecule has 1 atom stereocenters. The minimum absolute atomic E-state index is 0. The molecule has 0 saturated carbocycles. The molecule has 0 saturated heterocycles. The van der Waals surface area contributed by atoms with E-state index in [9.17, 15) is 0 Å². The van der Waals surface area contributed by atoms with Crippen molar-refractivity contribution < 1.29 is 0 Å². The van der Waals surface area contributed by atoms with Crippen LogP contribution in [0.15, 0.2) is 47.7 Å². The molecule has 0 aliphatic heterocycles. The third-order valence-electron chi connectivity index (χ3n) is 5.26. The Hall–Kier alpha value is -2.36. The Kier molecular flexibility index (Phi) is 9.54. The first-order valence-electron chi connectivity index (χ1n) is 10.8. The number of nitrogens with one attached hydrogen (secondary N) is 2. The van der Waals surface area contributed by atoms with Crippen molar-refractivity contribution in [1.82, 2.24) is 30.2 Å². The Labute approximate surface area is 202 Å². The average molecular weight is 535 g/mol. The van der Waals surface area contributed by atoms with Crippen LogP contribution in [-0.4, -0.2) is 32.1 Å². The van der Waals surface area contributed by atoms with Crippen LogP contribution in [0, 0.1) is 0 Å². The number of hydrogen-bond donors (Lipinski definition) is 2. The minimum atomic E-state index is 0. The van der Waals surface area contributed by atoms with Gasteiger partial charge < -0.3 is 10.6 Å². The molecule has 0 radical (unpaired) electrons. The average Bonchev–Trinajstić information content (AvgIpc) is 3.39. The summed E-state index contributed by atoms with van der Waals surface area (Å²) in [5.74, 6) is 0.808. The van der Waals surface area contributed by atoms with Gasteiger partial charge in [0, 0.05) is 37.2 Å². The van der Waals surface area contributed by atoms with Crippen LogP contribution >= 0.6 is 24.0 Å². The molecule has 0 amide bonds. The van der Waals surface area contributed by atoms with Crippen LogP contribution in [0.4, 0.5) is 0 Å². The van der Waals surface area contributed by atoms with E-state index in [4.69, 9.17) is 4.99 Å². The van der Waals surface area contributed by atoms with Crippen LogP contribution in [-0.2, 0) is 26.4 Å². The topological polar surface area (TPSA) is 72.1 Å². The predicted molar refractivity (Wildman–Crippen MR) is 137 cm³/mol. The van der Waals surface area contributed by atoms with Crippen molar-refractivity contribution in [2.75, 3.05) is 6.54 Å². The number of guanidine groups is 1. The van der Waals surface area contributed by atoms with E-state index >= 15 is 0 Å². The van der Waals surface area contributed by atoms with Gasteiger partial charge in [-0.1, -0.05) is 26.0 Å². The molecule has 1 unspecified atom stereocenters. The predicted octanol–water partition coefficient (Wildman–Crippen LogP) is 4.16. The van der Waals surface area contributed by atoms with Gasteiger partial charge in [0.05, 0.1) is 24.0 Å². The van der Waals surface area contributed by atoms with Crippen LogP contribution in [0.1, 0.15) is 56.3 Å². The molecular weight excluding hydrogens is 501 g/mol. The summed E-state index contributed by atoms with van der Waals surface area (Å²) in [6.07, 6.45) is 5.61. The monoisotopic (exact) mass is 535 g/mol. The van der Waals surface area contributed by atoms with E-state index in [1.165, 1.54) is 16.8 Å². The van der Waals surface area contributed by atoms with Gasteiger partial charge in [-0.15, -0.1) is 24.0 Å². The van der Waals surface area contributed by atoms with Gasteiger partial charge in [-0.3, -0.25) is 4.68 Å². The van der Waals surface area contributed by atoms with E-state index < -0.39 is 0 Å². The summed E-state index contributed by atoms with van der Waals surface area (Å²) in [5.41, 5.74) is 5.86. The third kappa shape index (κ3) is 6.09. The largest absolute Gasteiger partial charge is 0.357 e. The lowest BCUT2D eigenvalue weighted by Gasteiger charge is -2.19. The van der Waals surface area contributed by atoms with Gasteiger partial charge >= 0.3 is 0 Å². The molecule has 8 heteroatoms. The third-order valence-corrected chi connectivity index (χ3v) is 5.26. The Bertz CT molecular complexity index is 976. The van der Waals surface area contributed by atoms with Crippen molar-refractivity contribution >= 4 is 29.9 Å². The molecule has 7 nitrogen and oxygen atoms in total. The van der Waals surface area contributed by atoms with Gasteiger partial charge in [0.25, 0.3) is 0 Å². The summed E-state index contributed by atoms with van der Waals surface area (Å²) in [4.78, 5) is 4.88. The number of hydrogen-bond acceptors (Lipinski definition) is 3. The molecule has 0 aliphatic carbocycles. The fraction of sp³-hybridized carbons (Fsp3) is 0.435. The number of halogens is 1. The zero-order chi connectivity index (χ0) is 21.5. The van der Waals surface area contributed by atoms with E-state index in [2.05, 4.69) is 72.8 Å². The summed E-state index contributed by atoms with van der Waals surface area (Å²) in [6, 6.07) is 10.4. The summed E-state index contributed by atoms with van der Waals surface area (Å²) in [6.45, 7) is 9.97. The quantitative estimate of drug-likeness (QED) is 0.258. The Morgan fingerprint density at radius 2 is 1.97 bits per heavy atom. The van der Waals surface area contributed by atoms with Crippen molar-refractivity contribution in [1.29, 1.82) is 0 Å². The van der Waals surface area contributed by atoms with Gasteiger partial charge in [-0.05, 0) is 50.5 Å². The molecule has 0 bridgehead atoms. The fourth-order valence-corrected chi connectivity index (χ4v) is 3.70. The van der Waals surface area contributed by atoms with Crippen molar-refractivity contribution in [3.63, 3.8) is 0 Å². The molecule has 2 aromatic heterocycles. The van der Waals surface area contributed by atoms with Crippen LogP contribution < -0.4 is 10.6 Å². The number of aryl methyl sites for hydroxylation is 2. The number of aliphatic imine (C=N–C) groups is 1. The molecule has 1 aromatic carbocycles. The lowest BCUT2D eigenvalue weighted by atomic mass is 10.1. The number of benzene rings is 1. The maximum atomic E-state index is 4.88. The summed E-state index contributed by atoms with van der Waals surface area (Å²) >= 11 is 0. The molecule has 0 spiro atoms. The summed E-state index contributed by atoms with van der Waals surface area (Å²) < 4.78 is 3.86. The van der Waals surface area contributed by atoms with Crippen molar-refractivity contribution in [3.05, 3.63) is 65.2 Å². The highest BCUT2D eigenvalue weighted by Crippen LogP contribution is 2.18. The lowest BCUT2D eigenvalue weighted by Crippen LogP contribution is -2.38. The molecule has 0 fully saturated rings. The molecule has 0 aliphatic rings. The summed E-state index contributed by atoms with van der Waals surface area (Å²) in [5, 5.41) is 15.9. The Balaban J connectivity index is 0.00000341. The first kappa shape index (κ1) is 24.9. The fourth-order valence-electron chi connectivity index (χ4n) is 3.70. The highest BCUT2D eigenvalue weighted by Gasteiger charge is 2.14. The lowest BCUT2D eigenvalue weighted by molar-refractivity contribution is 0.684. The molecule has 31 heavy (non-hydrogen) atoms. The normalized spacial score (nSPS) is 12.4. The van der Waals surface area contributed by atoms with Gasteiger partial charge in [0.1, 0.15) is 0 Å². The van der Waals surface area contributed by atoms with Crippen molar-refractivity contribution in [3.8, 4) is 5.69 Å². The van der Waals surface area contributed by atoms with Crippen LogP contribution in [0.25, 0.3) is 5.69 Å². The molecule has 168 valence electrons. The van der Waals surface area contributed by atoms with Gasteiger partial charge in [0.2, 0.25) is 0 Å². The maximum Gasteiger partial charge on any atom is 0.192 e. The Morgan fingerprint density at radius 1 is 1.16 bits per heavy atom. The van der Waals surface area contributed by atoms with Gasteiger partial charge in [0.15, 0.2) is 5.96 Å². The number of nitrogens with zero attached hydrogens (tertiary/aromatic N) is 5. The minimum Gasteiger partial charge on any atom is -0.357 e. The first-order valence-corrected chi connectivity index (χ1v) is 10.8. The number of aromatic nitrogens is 4. The SMILES string of the molecule is CCNC(=NCc1c(CC)nn(C)c1CC)NC(C)c1cccc(-n2cccn2)c1.I. The molecule has 3 aromatic rings. The van der Waals surface area contributed by atoms with Crippen LogP contribution in [0.3, 0.4) is 0 Å². The second kappa shape index (κ2) is 11.9. The van der Waals surface area contributed by atoms with Crippen molar-refractivity contribution in [2.24, 2.45) is 12.0 Å². The standard InChI is InChI=1S/C23H33N7.HI/c1-6-21-20(22(7-2)29(5)28-21)16-25-23(24-8-3)27-17(4)18-11-9-12-19(15-18)30-14-10-13-26-30;/h9-15,17H,6-8,16H2,1-5H3,(H2,24,25,27);1H.